The van der Waals surface area contributed by atoms with Crippen LogP contribution in [0.15, 0.2) is 59.0 Å². The summed E-state index contributed by atoms with van der Waals surface area (Å²) in [6.45, 7) is 5.87. The lowest BCUT2D eigenvalue weighted by Gasteiger charge is -2.34. The number of rotatable bonds is 6. The maximum absolute atomic E-state index is 12.8. The van der Waals surface area contributed by atoms with Gasteiger partial charge < -0.3 is 14.1 Å². The smallest absolute Gasteiger partial charge is 0.289 e. The van der Waals surface area contributed by atoms with Gasteiger partial charge in [0.25, 0.3) is 5.91 Å². The van der Waals surface area contributed by atoms with Gasteiger partial charge in [0.1, 0.15) is 18.1 Å². The van der Waals surface area contributed by atoms with Crippen LogP contribution in [0, 0.1) is 6.92 Å². The van der Waals surface area contributed by atoms with E-state index in [2.05, 4.69) is 4.90 Å². The van der Waals surface area contributed by atoms with Crippen LogP contribution >= 0.6 is 23.2 Å². The minimum Gasteiger partial charge on any atom is -0.485 e. The number of hydrogen-bond donors (Lipinski definition) is 0. The largest absolute Gasteiger partial charge is 0.485 e. The maximum Gasteiger partial charge on any atom is 0.289 e. The van der Waals surface area contributed by atoms with Crippen LogP contribution in [0.3, 0.4) is 0 Å². The van der Waals surface area contributed by atoms with Crippen molar-refractivity contribution in [3.63, 3.8) is 0 Å². The minimum atomic E-state index is -0.0914. The molecule has 0 N–H and O–H groups in total. The predicted molar refractivity (Wildman–Crippen MR) is 122 cm³/mol. The highest BCUT2D eigenvalue weighted by atomic mass is 35.5. The highest BCUT2D eigenvalue weighted by Crippen LogP contribution is 2.23. The van der Waals surface area contributed by atoms with E-state index in [0.29, 0.717) is 29.6 Å². The molecule has 162 valence electrons. The summed E-state index contributed by atoms with van der Waals surface area (Å²) >= 11 is 12.2. The van der Waals surface area contributed by atoms with Crippen molar-refractivity contribution in [1.29, 1.82) is 0 Å². The van der Waals surface area contributed by atoms with Crippen LogP contribution in [0.1, 0.15) is 27.4 Å². The zero-order valence-electron chi connectivity index (χ0n) is 17.3. The Bertz CT molecular complexity index is 1060. The lowest BCUT2D eigenvalue weighted by atomic mass is 10.2. The number of carbonyl (C=O) groups is 1. The van der Waals surface area contributed by atoms with E-state index in [0.717, 1.165) is 41.5 Å². The molecule has 3 aromatic rings. The monoisotopic (exact) mass is 458 g/mol. The highest BCUT2D eigenvalue weighted by molar-refractivity contribution is 6.31. The van der Waals surface area contributed by atoms with Crippen LogP contribution in [0.4, 0.5) is 0 Å². The van der Waals surface area contributed by atoms with Crippen LogP contribution < -0.4 is 4.74 Å². The lowest BCUT2D eigenvalue weighted by molar-refractivity contribution is 0.0594. The second-order valence-corrected chi connectivity index (χ2v) is 8.47. The molecule has 5 nitrogen and oxygen atoms in total. The molecule has 1 amide bonds. The van der Waals surface area contributed by atoms with Crippen molar-refractivity contribution in [1.82, 2.24) is 9.80 Å². The SMILES string of the molecule is Cc1cc(Cl)ccc1OCc1ccc(C(=O)N2CCN(Cc3ccccc3Cl)CC2)o1. The zero-order valence-corrected chi connectivity index (χ0v) is 18.8. The maximum atomic E-state index is 12.8. The summed E-state index contributed by atoms with van der Waals surface area (Å²) in [6, 6.07) is 16.8. The Labute approximate surface area is 192 Å². The Kier molecular flexibility index (Phi) is 6.86. The van der Waals surface area contributed by atoms with Gasteiger partial charge in [0.05, 0.1) is 0 Å². The van der Waals surface area contributed by atoms with Gasteiger partial charge in [0.15, 0.2) is 5.76 Å². The van der Waals surface area contributed by atoms with Gasteiger partial charge in [-0.3, -0.25) is 9.69 Å². The zero-order chi connectivity index (χ0) is 21.8. The van der Waals surface area contributed by atoms with Gasteiger partial charge in [-0.05, 0) is 54.4 Å². The van der Waals surface area contributed by atoms with Gasteiger partial charge in [0.2, 0.25) is 0 Å². The van der Waals surface area contributed by atoms with E-state index in [4.69, 9.17) is 32.4 Å². The average Bonchev–Trinajstić information content (AvgIpc) is 3.24. The normalized spacial score (nSPS) is 14.6. The quantitative estimate of drug-likeness (QED) is 0.493. The molecule has 31 heavy (non-hydrogen) atoms. The van der Waals surface area contributed by atoms with E-state index < -0.39 is 0 Å². The second-order valence-electron chi connectivity index (χ2n) is 7.62. The molecular weight excluding hydrogens is 435 g/mol. The Morgan fingerprint density at radius 3 is 2.55 bits per heavy atom. The van der Waals surface area contributed by atoms with Gasteiger partial charge in [-0.25, -0.2) is 0 Å². The second kappa shape index (κ2) is 9.77. The average molecular weight is 459 g/mol. The van der Waals surface area contributed by atoms with Crippen LogP contribution in [0.5, 0.6) is 5.75 Å². The number of furan rings is 1. The third kappa shape index (κ3) is 5.42. The fourth-order valence-electron chi connectivity index (χ4n) is 3.63. The van der Waals surface area contributed by atoms with Crippen molar-refractivity contribution in [2.75, 3.05) is 26.2 Å². The van der Waals surface area contributed by atoms with Crippen LogP contribution in [0.2, 0.25) is 10.0 Å². The topological polar surface area (TPSA) is 45.9 Å². The molecule has 0 unspecified atom stereocenters. The third-order valence-electron chi connectivity index (χ3n) is 5.39. The number of benzene rings is 2. The molecule has 1 aliphatic heterocycles. The number of halogens is 2. The van der Waals surface area contributed by atoms with E-state index >= 15 is 0 Å². The molecule has 1 aromatic heterocycles. The first-order valence-corrected chi connectivity index (χ1v) is 11.0. The number of hydrogen-bond acceptors (Lipinski definition) is 4. The summed E-state index contributed by atoms with van der Waals surface area (Å²) < 4.78 is 11.6. The molecule has 0 atom stereocenters. The summed E-state index contributed by atoms with van der Waals surface area (Å²) in [5.41, 5.74) is 2.06. The van der Waals surface area contributed by atoms with E-state index in [1.807, 2.05) is 48.2 Å². The fraction of sp³-hybridized carbons (Fsp3) is 0.292. The first-order chi connectivity index (χ1) is 15.0. The Morgan fingerprint density at radius 1 is 1.03 bits per heavy atom. The minimum absolute atomic E-state index is 0.0914. The molecule has 2 aromatic carbocycles. The van der Waals surface area contributed by atoms with Crippen molar-refractivity contribution in [3.8, 4) is 5.75 Å². The summed E-state index contributed by atoms with van der Waals surface area (Å²) in [5.74, 6) is 1.59. The van der Waals surface area contributed by atoms with E-state index in [1.165, 1.54) is 0 Å². The molecule has 0 radical (unpaired) electrons. The van der Waals surface area contributed by atoms with Gasteiger partial charge in [0, 0.05) is 42.8 Å². The first kappa shape index (κ1) is 21.8. The fourth-order valence-corrected chi connectivity index (χ4v) is 4.05. The van der Waals surface area contributed by atoms with Crippen molar-refractivity contribution in [2.45, 2.75) is 20.1 Å². The predicted octanol–water partition coefficient (Wildman–Crippen LogP) is 5.43. The summed E-state index contributed by atoms with van der Waals surface area (Å²) in [6.07, 6.45) is 0. The van der Waals surface area contributed by atoms with Gasteiger partial charge in [-0.15, -0.1) is 0 Å². The molecular formula is C24H24Cl2N2O3. The molecule has 1 aliphatic rings. The summed E-state index contributed by atoms with van der Waals surface area (Å²) in [7, 11) is 0. The standard InChI is InChI=1S/C24H24Cl2N2O3/c1-17-14-19(25)6-8-22(17)30-16-20-7-9-23(31-20)24(29)28-12-10-27(11-13-28)15-18-4-2-3-5-21(18)26/h2-9,14H,10-13,15-16H2,1H3. The Hall–Kier alpha value is -2.47. The number of nitrogens with zero attached hydrogens (tertiary/aromatic N) is 2. The van der Waals surface area contributed by atoms with E-state index in [9.17, 15) is 4.79 Å². The molecule has 0 spiro atoms. The molecule has 0 aliphatic carbocycles. The highest BCUT2D eigenvalue weighted by Gasteiger charge is 2.24. The summed E-state index contributed by atoms with van der Waals surface area (Å²) in [5, 5.41) is 1.45. The molecule has 1 fully saturated rings. The van der Waals surface area contributed by atoms with Crippen LogP contribution in [0.25, 0.3) is 0 Å². The number of piperazine rings is 1. The number of aryl methyl sites for hydroxylation is 1. The van der Waals surface area contributed by atoms with Crippen molar-refractivity contribution < 1.29 is 13.9 Å². The van der Waals surface area contributed by atoms with Crippen LogP contribution in [-0.4, -0.2) is 41.9 Å². The molecule has 7 heteroatoms. The van der Waals surface area contributed by atoms with Gasteiger partial charge in [-0.2, -0.15) is 0 Å². The number of ether oxygens (including phenoxy) is 1. The Morgan fingerprint density at radius 2 is 1.81 bits per heavy atom. The molecule has 1 saturated heterocycles. The van der Waals surface area contributed by atoms with Crippen molar-refractivity contribution in [3.05, 3.63) is 87.3 Å². The molecule has 0 bridgehead atoms. The molecule has 0 saturated carbocycles. The first-order valence-electron chi connectivity index (χ1n) is 10.2. The summed E-state index contributed by atoms with van der Waals surface area (Å²) in [4.78, 5) is 17.0. The van der Waals surface area contributed by atoms with Gasteiger partial charge in [-0.1, -0.05) is 41.4 Å². The third-order valence-corrected chi connectivity index (χ3v) is 5.99. The molecule has 2 heterocycles. The molecule has 4 rings (SSSR count). The van der Waals surface area contributed by atoms with Crippen molar-refractivity contribution >= 4 is 29.1 Å². The van der Waals surface area contributed by atoms with Crippen molar-refractivity contribution in [2.24, 2.45) is 0 Å². The Balaban J connectivity index is 1.29. The van der Waals surface area contributed by atoms with Gasteiger partial charge >= 0.3 is 0 Å². The lowest BCUT2D eigenvalue weighted by Crippen LogP contribution is -2.48. The number of amides is 1. The number of carbonyl (C=O) groups excluding carboxylic acids is 1. The van der Waals surface area contributed by atoms with E-state index in [1.54, 1.807) is 18.2 Å². The van der Waals surface area contributed by atoms with Crippen LogP contribution in [-0.2, 0) is 13.2 Å². The van der Waals surface area contributed by atoms with E-state index in [-0.39, 0.29) is 12.5 Å².